The molecule has 0 saturated carbocycles. The molecule has 1 aliphatic heterocycles. The number of para-hydroxylation sites is 1. The van der Waals surface area contributed by atoms with Gasteiger partial charge >= 0.3 is 0 Å². The first-order valence-corrected chi connectivity index (χ1v) is 12.5. The molecule has 0 radical (unpaired) electrons. The minimum atomic E-state index is -0.0918. The SMILES string of the molecule is CCN(CCC(=O)Nc1ccccc1-c1ccccc1)CC(=O)Nc1ccc(N2CCOCC2)cc1. The van der Waals surface area contributed by atoms with Crippen molar-refractivity contribution < 1.29 is 14.3 Å². The van der Waals surface area contributed by atoms with Gasteiger partial charge in [0.05, 0.1) is 19.8 Å². The van der Waals surface area contributed by atoms with Crippen LogP contribution in [0.2, 0.25) is 0 Å². The molecule has 3 aromatic carbocycles. The Kier molecular flexibility index (Phi) is 9.08. The Hall–Kier alpha value is -3.68. The van der Waals surface area contributed by atoms with Crippen molar-refractivity contribution >= 4 is 28.9 Å². The third kappa shape index (κ3) is 7.16. The lowest BCUT2D eigenvalue weighted by atomic mass is 10.0. The number of benzene rings is 3. The van der Waals surface area contributed by atoms with Crippen LogP contribution in [0.4, 0.5) is 17.1 Å². The largest absolute Gasteiger partial charge is 0.378 e. The van der Waals surface area contributed by atoms with Crippen LogP contribution >= 0.6 is 0 Å². The molecule has 0 aliphatic carbocycles. The predicted molar refractivity (Wildman–Crippen MR) is 145 cm³/mol. The van der Waals surface area contributed by atoms with E-state index in [4.69, 9.17) is 4.74 Å². The number of morpholine rings is 1. The van der Waals surface area contributed by atoms with E-state index in [-0.39, 0.29) is 18.4 Å². The molecule has 0 aromatic heterocycles. The summed E-state index contributed by atoms with van der Waals surface area (Å²) in [4.78, 5) is 29.6. The molecule has 1 aliphatic rings. The van der Waals surface area contributed by atoms with E-state index in [2.05, 4.69) is 15.5 Å². The highest BCUT2D eigenvalue weighted by atomic mass is 16.5. The molecular formula is C29H34N4O3. The number of rotatable bonds is 10. The van der Waals surface area contributed by atoms with Crippen LogP contribution in [-0.2, 0) is 14.3 Å². The van der Waals surface area contributed by atoms with E-state index in [1.807, 2.05) is 90.7 Å². The van der Waals surface area contributed by atoms with Crippen molar-refractivity contribution in [2.24, 2.45) is 0 Å². The zero-order chi connectivity index (χ0) is 25.2. The molecule has 0 bridgehead atoms. The first-order chi connectivity index (χ1) is 17.6. The number of hydrogen-bond acceptors (Lipinski definition) is 5. The van der Waals surface area contributed by atoms with Crippen LogP contribution in [0.5, 0.6) is 0 Å². The average molecular weight is 487 g/mol. The Morgan fingerprint density at radius 1 is 0.861 bits per heavy atom. The van der Waals surface area contributed by atoms with Gasteiger partial charge in [0.2, 0.25) is 11.8 Å². The maximum absolute atomic E-state index is 12.7. The van der Waals surface area contributed by atoms with Crippen molar-refractivity contribution in [1.82, 2.24) is 4.90 Å². The lowest BCUT2D eigenvalue weighted by Crippen LogP contribution is -2.36. The van der Waals surface area contributed by atoms with Crippen molar-refractivity contribution in [3.63, 3.8) is 0 Å². The minimum Gasteiger partial charge on any atom is -0.378 e. The van der Waals surface area contributed by atoms with Crippen molar-refractivity contribution in [1.29, 1.82) is 0 Å². The summed E-state index contributed by atoms with van der Waals surface area (Å²) < 4.78 is 5.40. The molecule has 1 fully saturated rings. The minimum absolute atomic E-state index is 0.0732. The van der Waals surface area contributed by atoms with Gasteiger partial charge in [-0.05, 0) is 42.4 Å². The van der Waals surface area contributed by atoms with Gasteiger partial charge in [-0.2, -0.15) is 0 Å². The number of nitrogens with zero attached hydrogens (tertiary/aromatic N) is 2. The number of likely N-dealkylation sites (N-methyl/N-ethyl adjacent to an activating group) is 1. The second-order valence-corrected chi connectivity index (χ2v) is 8.77. The van der Waals surface area contributed by atoms with Crippen LogP contribution in [0.3, 0.4) is 0 Å². The van der Waals surface area contributed by atoms with Gasteiger partial charge in [-0.1, -0.05) is 55.5 Å². The third-order valence-electron chi connectivity index (χ3n) is 6.28. The second-order valence-electron chi connectivity index (χ2n) is 8.77. The molecule has 4 rings (SSSR count). The van der Waals surface area contributed by atoms with E-state index in [0.717, 1.165) is 54.5 Å². The fourth-order valence-corrected chi connectivity index (χ4v) is 4.26. The third-order valence-corrected chi connectivity index (χ3v) is 6.28. The summed E-state index contributed by atoms with van der Waals surface area (Å²) in [7, 11) is 0. The summed E-state index contributed by atoms with van der Waals surface area (Å²) in [5, 5.41) is 6.00. The summed E-state index contributed by atoms with van der Waals surface area (Å²) >= 11 is 0. The molecule has 36 heavy (non-hydrogen) atoms. The number of anilines is 3. The molecular weight excluding hydrogens is 452 g/mol. The van der Waals surface area contributed by atoms with Crippen LogP contribution in [0, 0.1) is 0 Å². The smallest absolute Gasteiger partial charge is 0.238 e. The van der Waals surface area contributed by atoms with Crippen molar-refractivity contribution in [3.8, 4) is 11.1 Å². The lowest BCUT2D eigenvalue weighted by Gasteiger charge is -2.29. The van der Waals surface area contributed by atoms with Gasteiger partial charge in [-0.25, -0.2) is 0 Å². The number of ether oxygens (including phenoxy) is 1. The van der Waals surface area contributed by atoms with Crippen molar-refractivity contribution in [3.05, 3.63) is 78.9 Å². The van der Waals surface area contributed by atoms with E-state index >= 15 is 0 Å². The highest BCUT2D eigenvalue weighted by Crippen LogP contribution is 2.27. The molecule has 1 heterocycles. The lowest BCUT2D eigenvalue weighted by molar-refractivity contribution is -0.119. The van der Waals surface area contributed by atoms with E-state index < -0.39 is 0 Å². The molecule has 188 valence electrons. The number of hydrogen-bond donors (Lipinski definition) is 2. The zero-order valence-corrected chi connectivity index (χ0v) is 20.8. The van der Waals surface area contributed by atoms with Gasteiger partial charge in [0.1, 0.15) is 0 Å². The summed E-state index contributed by atoms with van der Waals surface area (Å²) in [6.07, 6.45) is 0.304. The summed E-state index contributed by atoms with van der Waals surface area (Å²) in [6, 6.07) is 25.7. The first kappa shape index (κ1) is 25.4. The maximum atomic E-state index is 12.7. The Balaban J connectivity index is 1.25. The summed E-state index contributed by atoms with van der Waals surface area (Å²) in [6.45, 7) is 6.63. The van der Waals surface area contributed by atoms with Crippen LogP contribution in [-0.4, -0.2) is 62.7 Å². The van der Waals surface area contributed by atoms with E-state index in [9.17, 15) is 9.59 Å². The predicted octanol–water partition coefficient (Wildman–Crippen LogP) is 4.48. The van der Waals surface area contributed by atoms with Gasteiger partial charge < -0.3 is 20.3 Å². The Morgan fingerprint density at radius 2 is 1.56 bits per heavy atom. The maximum Gasteiger partial charge on any atom is 0.238 e. The van der Waals surface area contributed by atoms with Gasteiger partial charge in [-0.15, -0.1) is 0 Å². The monoisotopic (exact) mass is 486 g/mol. The van der Waals surface area contributed by atoms with Crippen molar-refractivity contribution in [2.45, 2.75) is 13.3 Å². The fraction of sp³-hybridized carbons (Fsp3) is 0.310. The zero-order valence-electron chi connectivity index (χ0n) is 20.8. The highest BCUT2D eigenvalue weighted by molar-refractivity contribution is 5.96. The Morgan fingerprint density at radius 3 is 2.28 bits per heavy atom. The molecule has 0 spiro atoms. The van der Waals surface area contributed by atoms with Crippen LogP contribution in [0.15, 0.2) is 78.9 Å². The van der Waals surface area contributed by atoms with Gasteiger partial charge in [0, 0.05) is 48.7 Å². The van der Waals surface area contributed by atoms with E-state index in [0.29, 0.717) is 19.5 Å². The van der Waals surface area contributed by atoms with Crippen molar-refractivity contribution in [2.75, 3.05) is 61.5 Å². The van der Waals surface area contributed by atoms with Gasteiger partial charge in [-0.3, -0.25) is 14.5 Å². The average Bonchev–Trinajstić information content (AvgIpc) is 2.92. The molecule has 2 amide bonds. The van der Waals surface area contributed by atoms with Crippen LogP contribution in [0.25, 0.3) is 11.1 Å². The molecule has 3 aromatic rings. The van der Waals surface area contributed by atoms with Crippen LogP contribution < -0.4 is 15.5 Å². The Bertz CT molecular complexity index is 1130. The molecule has 7 heteroatoms. The quantitative estimate of drug-likeness (QED) is 0.442. The number of carbonyl (C=O) groups is 2. The van der Waals surface area contributed by atoms with Crippen LogP contribution in [0.1, 0.15) is 13.3 Å². The number of nitrogens with one attached hydrogen (secondary N) is 2. The highest BCUT2D eigenvalue weighted by Gasteiger charge is 2.14. The second kappa shape index (κ2) is 12.9. The molecule has 0 atom stereocenters. The molecule has 1 saturated heterocycles. The summed E-state index contributed by atoms with van der Waals surface area (Å²) in [5.41, 5.74) is 4.72. The fourth-order valence-electron chi connectivity index (χ4n) is 4.26. The molecule has 0 unspecified atom stereocenters. The van der Waals surface area contributed by atoms with E-state index in [1.54, 1.807) is 0 Å². The standard InChI is InChI=1S/C29H34N4O3/c1-2-32(22-29(35)30-24-12-14-25(15-13-24)33-18-20-36-21-19-33)17-16-28(34)31-27-11-7-6-10-26(27)23-8-4-3-5-9-23/h3-15H,2,16-22H2,1H3,(H,30,35)(H,31,34). The molecule has 2 N–H and O–H groups in total. The first-order valence-electron chi connectivity index (χ1n) is 12.5. The normalized spacial score (nSPS) is 13.4. The Labute approximate surface area is 213 Å². The van der Waals surface area contributed by atoms with Gasteiger partial charge in [0.15, 0.2) is 0 Å². The number of carbonyl (C=O) groups excluding carboxylic acids is 2. The number of amides is 2. The van der Waals surface area contributed by atoms with Gasteiger partial charge in [0.25, 0.3) is 0 Å². The molecule has 7 nitrogen and oxygen atoms in total. The van der Waals surface area contributed by atoms with E-state index in [1.165, 1.54) is 0 Å². The summed E-state index contributed by atoms with van der Waals surface area (Å²) in [5.74, 6) is -0.165. The topological polar surface area (TPSA) is 73.9 Å².